The van der Waals surface area contributed by atoms with Gasteiger partial charge in [0.15, 0.2) is 0 Å². The lowest BCUT2D eigenvalue weighted by atomic mass is 9.95. The van der Waals surface area contributed by atoms with E-state index in [0.717, 1.165) is 38.6 Å². The summed E-state index contributed by atoms with van der Waals surface area (Å²) in [6.45, 7) is 14.7. The molecule has 24 heavy (non-hydrogen) atoms. The van der Waals surface area contributed by atoms with Gasteiger partial charge in [-0.15, -0.1) is 0 Å². The summed E-state index contributed by atoms with van der Waals surface area (Å²) in [5.74, 6) is 1.01. The zero-order chi connectivity index (χ0) is 17.4. The summed E-state index contributed by atoms with van der Waals surface area (Å²) >= 11 is 0. The second-order valence-electron chi connectivity index (χ2n) is 7.60. The van der Waals surface area contributed by atoms with E-state index in [4.69, 9.17) is 0 Å². The number of likely N-dealkylation sites (N-methyl/N-ethyl adjacent to an activating group) is 1. The number of carbonyl (C=O) groups is 1. The van der Waals surface area contributed by atoms with Crippen molar-refractivity contribution in [1.29, 1.82) is 0 Å². The molecule has 0 aromatic carbocycles. The third-order valence-corrected chi connectivity index (χ3v) is 5.43. The summed E-state index contributed by atoms with van der Waals surface area (Å²) in [5.41, 5.74) is 0. The average Bonchev–Trinajstić information content (AvgIpc) is 2.57. The molecule has 2 fully saturated rings. The van der Waals surface area contributed by atoms with Gasteiger partial charge in [-0.1, -0.05) is 0 Å². The molecule has 6 nitrogen and oxygen atoms in total. The van der Waals surface area contributed by atoms with Crippen molar-refractivity contribution in [3.63, 3.8) is 0 Å². The molecule has 140 valence electrons. The minimum absolute atomic E-state index is 0.153. The highest BCUT2D eigenvalue weighted by molar-refractivity contribution is 5.78. The number of piperidine rings is 1. The number of likely N-dealkylation sites (tertiary alicyclic amines) is 1. The lowest BCUT2D eigenvalue weighted by Gasteiger charge is -2.39. The van der Waals surface area contributed by atoms with Crippen LogP contribution in [0.2, 0.25) is 0 Å². The first-order chi connectivity index (χ1) is 11.6. The number of nitrogens with one attached hydrogen (secondary N) is 2. The van der Waals surface area contributed by atoms with Crippen LogP contribution in [-0.4, -0.2) is 99.1 Å². The predicted octanol–water partition coefficient (Wildman–Crippen LogP) is 0.0600. The van der Waals surface area contributed by atoms with Crippen molar-refractivity contribution in [2.75, 3.05) is 72.5 Å². The van der Waals surface area contributed by atoms with E-state index in [2.05, 4.69) is 39.2 Å². The van der Waals surface area contributed by atoms with Crippen molar-refractivity contribution < 1.29 is 4.79 Å². The molecular formula is C18H37N5O. The van der Waals surface area contributed by atoms with Crippen molar-refractivity contribution in [3.05, 3.63) is 0 Å². The van der Waals surface area contributed by atoms with Gasteiger partial charge in [0.1, 0.15) is 0 Å². The van der Waals surface area contributed by atoms with Crippen molar-refractivity contribution in [2.45, 2.75) is 32.7 Å². The molecule has 2 aliphatic rings. The highest BCUT2D eigenvalue weighted by atomic mass is 16.2. The number of hydrogen-bond acceptors (Lipinski definition) is 5. The molecule has 0 saturated carbocycles. The topological polar surface area (TPSA) is 50.9 Å². The fourth-order valence-corrected chi connectivity index (χ4v) is 3.73. The van der Waals surface area contributed by atoms with E-state index in [-0.39, 0.29) is 5.91 Å². The lowest BCUT2D eigenvalue weighted by Crippen LogP contribution is -2.51. The van der Waals surface area contributed by atoms with Gasteiger partial charge in [-0.05, 0) is 52.7 Å². The summed E-state index contributed by atoms with van der Waals surface area (Å²) in [5, 5.41) is 6.00. The molecule has 0 aromatic rings. The van der Waals surface area contributed by atoms with Crippen molar-refractivity contribution in [3.8, 4) is 0 Å². The van der Waals surface area contributed by atoms with Crippen LogP contribution in [0.15, 0.2) is 0 Å². The number of amides is 1. The normalized spacial score (nSPS) is 22.2. The molecule has 2 aliphatic heterocycles. The molecular weight excluding hydrogens is 302 g/mol. The summed E-state index contributed by atoms with van der Waals surface area (Å²) < 4.78 is 0. The van der Waals surface area contributed by atoms with Crippen LogP contribution in [0.3, 0.4) is 0 Å². The van der Waals surface area contributed by atoms with Gasteiger partial charge in [0.05, 0.1) is 6.54 Å². The molecule has 2 heterocycles. The van der Waals surface area contributed by atoms with Gasteiger partial charge < -0.3 is 20.4 Å². The predicted molar refractivity (Wildman–Crippen MR) is 99.2 cm³/mol. The van der Waals surface area contributed by atoms with Crippen LogP contribution >= 0.6 is 0 Å². The monoisotopic (exact) mass is 339 g/mol. The molecule has 0 unspecified atom stereocenters. The van der Waals surface area contributed by atoms with Crippen LogP contribution in [0.5, 0.6) is 0 Å². The summed E-state index contributed by atoms with van der Waals surface area (Å²) in [4.78, 5) is 19.4. The summed E-state index contributed by atoms with van der Waals surface area (Å²) in [7, 11) is 1.90. The quantitative estimate of drug-likeness (QED) is 0.613. The van der Waals surface area contributed by atoms with Gasteiger partial charge in [-0.2, -0.15) is 0 Å². The van der Waals surface area contributed by atoms with Crippen LogP contribution in [0, 0.1) is 5.92 Å². The Bertz CT molecular complexity index is 360. The molecule has 1 amide bonds. The lowest BCUT2D eigenvalue weighted by molar-refractivity contribution is -0.122. The molecule has 0 bridgehead atoms. The van der Waals surface area contributed by atoms with Crippen LogP contribution < -0.4 is 10.6 Å². The molecule has 0 atom stereocenters. The zero-order valence-corrected chi connectivity index (χ0v) is 15.9. The third-order valence-electron chi connectivity index (χ3n) is 5.43. The maximum Gasteiger partial charge on any atom is 0.234 e. The first-order valence-electron chi connectivity index (χ1n) is 9.68. The molecule has 0 spiro atoms. The Morgan fingerprint density at radius 3 is 2.21 bits per heavy atom. The number of rotatable bonds is 8. The Balaban J connectivity index is 1.59. The second-order valence-corrected chi connectivity index (χ2v) is 7.60. The number of carbonyl (C=O) groups excluding carboxylic acids is 1. The van der Waals surface area contributed by atoms with Gasteiger partial charge in [0, 0.05) is 51.9 Å². The highest BCUT2D eigenvalue weighted by Crippen LogP contribution is 2.20. The minimum atomic E-state index is 0.153. The summed E-state index contributed by atoms with van der Waals surface area (Å²) in [6, 6.07) is 0.689. The van der Waals surface area contributed by atoms with Gasteiger partial charge in [0.25, 0.3) is 0 Å². The minimum Gasteiger partial charge on any atom is -0.354 e. The van der Waals surface area contributed by atoms with E-state index in [9.17, 15) is 4.79 Å². The zero-order valence-electron chi connectivity index (χ0n) is 15.9. The first-order valence-corrected chi connectivity index (χ1v) is 9.68. The molecule has 0 radical (unpaired) electrons. The fourth-order valence-electron chi connectivity index (χ4n) is 3.73. The van der Waals surface area contributed by atoms with Crippen molar-refractivity contribution >= 4 is 5.91 Å². The Hall–Kier alpha value is -0.690. The SMILES string of the molecule is CNCCNC(=O)CN1CCN(CC2CCN(C(C)C)CC2)CC1. The van der Waals surface area contributed by atoms with Gasteiger partial charge >= 0.3 is 0 Å². The van der Waals surface area contributed by atoms with Crippen molar-refractivity contribution in [1.82, 2.24) is 25.3 Å². The van der Waals surface area contributed by atoms with Crippen LogP contribution in [-0.2, 0) is 4.79 Å². The van der Waals surface area contributed by atoms with Gasteiger partial charge in [-0.3, -0.25) is 9.69 Å². The molecule has 2 rings (SSSR count). The largest absolute Gasteiger partial charge is 0.354 e. The Labute approximate surface area is 147 Å². The van der Waals surface area contributed by atoms with E-state index in [1.54, 1.807) is 0 Å². The van der Waals surface area contributed by atoms with E-state index < -0.39 is 0 Å². The number of hydrogen-bond donors (Lipinski definition) is 2. The molecule has 0 aliphatic carbocycles. The second kappa shape index (κ2) is 10.3. The number of piperazine rings is 1. The highest BCUT2D eigenvalue weighted by Gasteiger charge is 2.25. The smallest absolute Gasteiger partial charge is 0.234 e. The van der Waals surface area contributed by atoms with E-state index >= 15 is 0 Å². The maximum atomic E-state index is 11.9. The Morgan fingerprint density at radius 2 is 1.62 bits per heavy atom. The van der Waals surface area contributed by atoms with Crippen LogP contribution in [0.1, 0.15) is 26.7 Å². The van der Waals surface area contributed by atoms with Crippen molar-refractivity contribution in [2.24, 2.45) is 5.92 Å². The van der Waals surface area contributed by atoms with Gasteiger partial charge in [0.2, 0.25) is 5.91 Å². The fraction of sp³-hybridized carbons (Fsp3) is 0.944. The van der Waals surface area contributed by atoms with Crippen LogP contribution in [0.25, 0.3) is 0 Å². The van der Waals surface area contributed by atoms with E-state index in [1.807, 2.05) is 7.05 Å². The molecule has 0 aromatic heterocycles. The Morgan fingerprint density at radius 1 is 1.00 bits per heavy atom. The molecule has 2 N–H and O–H groups in total. The standard InChI is InChI=1S/C18H37N5O/c1-16(2)23-8-4-17(5-9-23)14-21-10-12-22(13-11-21)15-18(24)20-7-6-19-3/h16-17,19H,4-15H2,1-3H3,(H,20,24). The Kier molecular flexibility index (Phi) is 8.45. The molecule has 6 heteroatoms. The molecule has 2 saturated heterocycles. The average molecular weight is 340 g/mol. The van der Waals surface area contributed by atoms with E-state index in [0.29, 0.717) is 19.1 Å². The van der Waals surface area contributed by atoms with E-state index in [1.165, 1.54) is 32.5 Å². The maximum absolute atomic E-state index is 11.9. The van der Waals surface area contributed by atoms with Gasteiger partial charge in [-0.25, -0.2) is 0 Å². The number of nitrogens with zero attached hydrogens (tertiary/aromatic N) is 3. The van der Waals surface area contributed by atoms with Crippen LogP contribution in [0.4, 0.5) is 0 Å². The third kappa shape index (κ3) is 6.67. The first kappa shape index (κ1) is 19.6. The summed E-state index contributed by atoms with van der Waals surface area (Å²) in [6.07, 6.45) is 2.68.